The van der Waals surface area contributed by atoms with Gasteiger partial charge in [0.15, 0.2) is 5.65 Å². The average Bonchev–Trinajstić information content (AvgIpc) is 2.94. The molecule has 102 valence electrons. The number of aromatic amines is 2. The number of nitrogens with zero attached hydrogens (tertiary/aromatic N) is 3. The number of fused-ring (bicyclic) bond motifs is 1. The van der Waals surface area contributed by atoms with Gasteiger partial charge in [0.2, 0.25) is 5.56 Å². The van der Waals surface area contributed by atoms with Gasteiger partial charge in [-0.2, -0.15) is 10.2 Å². The second-order valence-corrected chi connectivity index (χ2v) is 4.40. The average molecular weight is 272 g/mol. The highest BCUT2D eigenvalue weighted by Crippen LogP contribution is 2.23. The number of carbonyl (C=O) groups is 1. The summed E-state index contributed by atoms with van der Waals surface area (Å²) in [7, 11) is 1.78. The molecule has 0 saturated carbocycles. The molecular weight excluding hydrogens is 260 g/mol. The van der Waals surface area contributed by atoms with Crippen LogP contribution in [0.15, 0.2) is 23.1 Å². The summed E-state index contributed by atoms with van der Waals surface area (Å²) >= 11 is 0. The lowest BCUT2D eigenvalue weighted by atomic mass is 10.2. The summed E-state index contributed by atoms with van der Waals surface area (Å²) in [6, 6.07) is 2.75. The quantitative estimate of drug-likeness (QED) is 0.632. The molecule has 0 aliphatic carbocycles. The summed E-state index contributed by atoms with van der Waals surface area (Å²) in [4.78, 5) is 25.5. The maximum Gasteiger partial charge on any atom is 0.258 e. The maximum absolute atomic E-state index is 12.1. The largest absolute Gasteiger partial charge is 0.328 e. The molecule has 0 fully saturated rings. The third-order valence-corrected chi connectivity index (χ3v) is 3.00. The van der Waals surface area contributed by atoms with Gasteiger partial charge in [0.25, 0.3) is 5.91 Å². The predicted molar refractivity (Wildman–Crippen MR) is 72.6 cm³/mol. The van der Waals surface area contributed by atoms with Crippen LogP contribution in [0.5, 0.6) is 0 Å². The Morgan fingerprint density at radius 3 is 2.90 bits per heavy atom. The fourth-order valence-electron chi connectivity index (χ4n) is 2.06. The predicted octanol–water partition coefficient (Wildman–Crippen LogP) is 0.545. The molecule has 3 N–H and O–H groups in total. The highest BCUT2D eigenvalue weighted by atomic mass is 16.2. The van der Waals surface area contributed by atoms with Crippen LogP contribution in [-0.4, -0.2) is 30.9 Å². The van der Waals surface area contributed by atoms with Gasteiger partial charge >= 0.3 is 0 Å². The van der Waals surface area contributed by atoms with Crippen molar-refractivity contribution in [1.82, 2.24) is 25.0 Å². The summed E-state index contributed by atoms with van der Waals surface area (Å²) in [5, 5.41) is 14.6. The number of aromatic nitrogens is 5. The molecule has 0 bridgehead atoms. The van der Waals surface area contributed by atoms with Crippen molar-refractivity contribution in [2.75, 3.05) is 5.32 Å². The Kier molecular flexibility index (Phi) is 2.63. The van der Waals surface area contributed by atoms with Crippen molar-refractivity contribution in [1.29, 1.82) is 0 Å². The van der Waals surface area contributed by atoms with Crippen LogP contribution in [0.3, 0.4) is 0 Å². The molecular formula is C12H12N6O2. The van der Waals surface area contributed by atoms with Gasteiger partial charge in [0, 0.05) is 19.3 Å². The standard InChI is InChI=1S/C12H12N6O2/c1-6-9-10(15-16-11(9)18(2)17-6)14-12(20)7-3-4-8(19)13-5-7/h3-5H,1-2H3,(H,13,19)(H2,14,15,16,20). The number of amides is 1. The number of hydrogen-bond donors (Lipinski definition) is 3. The van der Waals surface area contributed by atoms with Crippen LogP contribution in [0.4, 0.5) is 5.82 Å². The zero-order valence-electron chi connectivity index (χ0n) is 10.9. The van der Waals surface area contributed by atoms with Crippen LogP contribution >= 0.6 is 0 Å². The zero-order valence-corrected chi connectivity index (χ0v) is 10.9. The van der Waals surface area contributed by atoms with Crippen LogP contribution in [0, 0.1) is 6.92 Å². The van der Waals surface area contributed by atoms with Gasteiger partial charge in [-0.25, -0.2) is 4.68 Å². The summed E-state index contributed by atoms with van der Waals surface area (Å²) in [5.41, 5.74) is 1.54. The van der Waals surface area contributed by atoms with Crippen LogP contribution in [0.2, 0.25) is 0 Å². The highest BCUT2D eigenvalue weighted by Gasteiger charge is 2.16. The van der Waals surface area contributed by atoms with Gasteiger partial charge in [0.05, 0.1) is 16.6 Å². The van der Waals surface area contributed by atoms with Gasteiger partial charge in [-0.3, -0.25) is 14.7 Å². The number of pyridine rings is 1. The van der Waals surface area contributed by atoms with E-state index in [1.807, 2.05) is 6.92 Å². The van der Waals surface area contributed by atoms with Crippen molar-refractivity contribution in [3.8, 4) is 0 Å². The zero-order chi connectivity index (χ0) is 14.3. The summed E-state index contributed by atoms with van der Waals surface area (Å²) in [6.45, 7) is 1.84. The lowest BCUT2D eigenvalue weighted by Crippen LogP contribution is -2.15. The van der Waals surface area contributed by atoms with E-state index in [9.17, 15) is 9.59 Å². The molecule has 3 aromatic heterocycles. The van der Waals surface area contributed by atoms with Crippen LogP contribution in [0.1, 0.15) is 16.1 Å². The molecule has 0 spiro atoms. The first kappa shape index (κ1) is 12.2. The van der Waals surface area contributed by atoms with Crippen LogP contribution < -0.4 is 10.9 Å². The minimum Gasteiger partial charge on any atom is -0.328 e. The number of carbonyl (C=O) groups excluding carboxylic acids is 1. The number of H-pyrrole nitrogens is 2. The molecule has 8 nitrogen and oxygen atoms in total. The molecule has 3 aromatic rings. The first-order chi connectivity index (χ1) is 9.56. The van der Waals surface area contributed by atoms with Crippen LogP contribution in [-0.2, 0) is 7.05 Å². The maximum atomic E-state index is 12.1. The smallest absolute Gasteiger partial charge is 0.258 e. The van der Waals surface area contributed by atoms with Crippen molar-refractivity contribution in [2.45, 2.75) is 6.92 Å². The minimum absolute atomic E-state index is 0.256. The number of nitrogens with one attached hydrogen (secondary N) is 3. The van der Waals surface area contributed by atoms with E-state index in [4.69, 9.17) is 0 Å². The van der Waals surface area contributed by atoms with E-state index < -0.39 is 0 Å². The van der Waals surface area contributed by atoms with Gasteiger partial charge in [-0.15, -0.1) is 0 Å². The molecule has 1 amide bonds. The Labute approximate surface area is 112 Å². The van der Waals surface area contributed by atoms with E-state index in [0.717, 1.165) is 11.1 Å². The summed E-state index contributed by atoms with van der Waals surface area (Å²) < 4.78 is 1.64. The Morgan fingerprint density at radius 2 is 2.20 bits per heavy atom. The van der Waals surface area contributed by atoms with Gasteiger partial charge < -0.3 is 10.3 Å². The van der Waals surface area contributed by atoms with Gasteiger partial charge in [0.1, 0.15) is 5.82 Å². The Bertz CT molecular complexity index is 836. The molecule has 0 aromatic carbocycles. The molecule has 0 radical (unpaired) electrons. The first-order valence-corrected chi connectivity index (χ1v) is 5.94. The normalized spacial score (nSPS) is 10.9. The molecule has 3 heterocycles. The molecule has 3 rings (SSSR count). The lowest BCUT2D eigenvalue weighted by molar-refractivity contribution is 0.102. The van der Waals surface area contributed by atoms with E-state index in [-0.39, 0.29) is 11.5 Å². The van der Waals surface area contributed by atoms with E-state index in [1.54, 1.807) is 11.7 Å². The summed E-state index contributed by atoms with van der Waals surface area (Å²) in [6.07, 6.45) is 1.36. The molecule has 0 aliphatic rings. The third kappa shape index (κ3) is 1.87. The number of rotatable bonds is 2. The number of hydrogen-bond acceptors (Lipinski definition) is 4. The lowest BCUT2D eigenvalue weighted by Gasteiger charge is -2.02. The van der Waals surface area contributed by atoms with Crippen LogP contribution in [0.25, 0.3) is 11.0 Å². The Hall–Kier alpha value is -2.90. The molecule has 0 atom stereocenters. The molecule has 8 heteroatoms. The van der Waals surface area contributed by atoms with Gasteiger partial charge in [-0.05, 0) is 13.0 Å². The second-order valence-electron chi connectivity index (χ2n) is 4.40. The molecule has 0 aliphatic heterocycles. The number of anilines is 1. The van der Waals surface area contributed by atoms with E-state index >= 15 is 0 Å². The molecule has 0 saturated heterocycles. The Balaban J connectivity index is 1.95. The Morgan fingerprint density at radius 1 is 1.40 bits per heavy atom. The number of aryl methyl sites for hydroxylation is 2. The minimum atomic E-state index is -0.338. The van der Waals surface area contributed by atoms with E-state index in [0.29, 0.717) is 17.0 Å². The van der Waals surface area contributed by atoms with E-state index in [1.165, 1.54) is 18.3 Å². The fourth-order valence-corrected chi connectivity index (χ4v) is 2.06. The summed E-state index contributed by atoms with van der Waals surface area (Å²) in [5.74, 6) is 0.150. The first-order valence-electron chi connectivity index (χ1n) is 5.94. The topological polar surface area (TPSA) is 108 Å². The SMILES string of the molecule is Cc1nn(C)c2n[nH]c(NC(=O)c3ccc(=O)[nH]c3)c12. The van der Waals surface area contributed by atoms with Crippen molar-refractivity contribution in [3.63, 3.8) is 0 Å². The van der Waals surface area contributed by atoms with Crippen molar-refractivity contribution in [2.24, 2.45) is 7.05 Å². The fraction of sp³-hybridized carbons (Fsp3) is 0.167. The highest BCUT2D eigenvalue weighted by molar-refractivity contribution is 6.07. The van der Waals surface area contributed by atoms with Crippen molar-refractivity contribution < 1.29 is 4.79 Å². The molecule has 0 unspecified atom stereocenters. The van der Waals surface area contributed by atoms with Gasteiger partial charge in [-0.1, -0.05) is 0 Å². The van der Waals surface area contributed by atoms with E-state index in [2.05, 4.69) is 25.6 Å². The second kappa shape index (κ2) is 4.34. The van der Waals surface area contributed by atoms with Crippen molar-refractivity contribution in [3.05, 3.63) is 39.9 Å². The molecule has 20 heavy (non-hydrogen) atoms. The monoisotopic (exact) mass is 272 g/mol. The van der Waals surface area contributed by atoms with Crippen molar-refractivity contribution >= 4 is 22.8 Å². The third-order valence-electron chi connectivity index (χ3n) is 3.00.